The first-order valence-corrected chi connectivity index (χ1v) is 13.1. The molecule has 7 heteroatoms. The number of carbonyl (C=O) groups is 2. The normalized spacial score (nSPS) is 46.4. The molecule has 1 saturated heterocycles. The van der Waals surface area contributed by atoms with Gasteiger partial charge in [0.05, 0.1) is 6.10 Å². The number of rotatable bonds is 5. The zero-order valence-corrected chi connectivity index (χ0v) is 20.9. The highest BCUT2D eigenvalue weighted by Gasteiger charge is 2.69. The van der Waals surface area contributed by atoms with Crippen LogP contribution < -0.4 is 5.32 Å². The first-order chi connectivity index (χ1) is 15.6. The Hall–Kier alpha value is -1.02. The lowest BCUT2D eigenvalue weighted by molar-refractivity contribution is -0.217. The monoisotopic (exact) mass is 464 g/mol. The number of hydrogen-bond acceptors (Lipinski definition) is 7. The quantitative estimate of drug-likeness (QED) is 0.535. The molecule has 0 radical (unpaired) electrons. The lowest BCUT2D eigenvalue weighted by atomic mass is 9.43. The van der Waals surface area contributed by atoms with Crippen LogP contribution in [0.15, 0.2) is 0 Å². The molecule has 4 fully saturated rings. The summed E-state index contributed by atoms with van der Waals surface area (Å²) in [6.07, 6.45) is 3.44. The molecule has 0 aromatic carbocycles. The van der Waals surface area contributed by atoms with Crippen LogP contribution in [0.5, 0.6) is 0 Å². The Bertz CT molecular complexity index is 755. The van der Waals surface area contributed by atoms with Crippen molar-refractivity contribution in [1.82, 2.24) is 10.2 Å². The van der Waals surface area contributed by atoms with Crippen LogP contribution in [0.25, 0.3) is 0 Å². The van der Waals surface area contributed by atoms with Crippen molar-refractivity contribution in [2.75, 3.05) is 39.3 Å². The van der Waals surface area contributed by atoms with E-state index < -0.39 is 35.6 Å². The minimum Gasteiger partial charge on any atom is -0.460 e. The summed E-state index contributed by atoms with van der Waals surface area (Å²) in [5.74, 6) is -0.370. The van der Waals surface area contributed by atoms with Gasteiger partial charge in [-0.25, -0.2) is 4.79 Å². The molecule has 3 aliphatic carbocycles. The van der Waals surface area contributed by atoms with E-state index in [1.54, 1.807) is 0 Å². The maximum atomic E-state index is 13.6. The molecule has 0 spiro atoms. The predicted octanol–water partition coefficient (Wildman–Crippen LogP) is 1.99. The van der Waals surface area contributed by atoms with E-state index in [9.17, 15) is 19.8 Å². The van der Waals surface area contributed by atoms with Gasteiger partial charge in [0, 0.05) is 56.4 Å². The highest BCUT2D eigenvalue weighted by Crippen LogP contribution is 2.68. The van der Waals surface area contributed by atoms with Crippen molar-refractivity contribution in [3.05, 3.63) is 0 Å². The van der Waals surface area contributed by atoms with Crippen molar-refractivity contribution >= 4 is 11.8 Å². The average Bonchev–Trinajstić information content (AvgIpc) is 3.17. The van der Waals surface area contributed by atoms with Crippen molar-refractivity contribution in [2.24, 2.45) is 34.0 Å². The van der Waals surface area contributed by atoms with Gasteiger partial charge in [-0.05, 0) is 48.9 Å². The third-order valence-electron chi connectivity index (χ3n) is 10.5. The number of nitrogens with one attached hydrogen (secondary N) is 1. The van der Waals surface area contributed by atoms with E-state index in [4.69, 9.17) is 4.74 Å². The molecule has 0 amide bonds. The number of aliphatic hydroxyl groups is 2. The summed E-state index contributed by atoms with van der Waals surface area (Å²) < 4.78 is 5.95. The van der Waals surface area contributed by atoms with Gasteiger partial charge in [0.15, 0.2) is 0 Å². The molecule has 1 aliphatic heterocycles. The molecular weight excluding hydrogens is 420 g/mol. The number of esters is 1. The van der Waals surface area contributed by atoms with Crippen molar-refractivity contribution < 1.29 is 24.5 Å². The standard InChI is InChI=1S/C26H44N2O5/c1-5-24(3)14-20(33-21(31)16-29)25(4)17(2)6-8-26(9-7-19(30)22(25)26)18(23(24)32)15-28-12-10-27-11-13-28/h17-18,20,22-23,27,29,32H,5-16H2,1-4H3/t17-,18+,20-,22?,23+,24+,25+,26+/m1/s1. The van der Waals surface area contributed by atoms with Gasteiger partial charge in [0.25, 0.3) is 0 Å². The predicted molar refractivity (Wildman–Crippen MR) is 125 cm³/mol. The molecule has 0 aromatic heterocycles. The Kier molecular flexibility index (Phi) is 7.00. The molecule has 33 heavy (non-hydrogen) atoms. The Morgan fingerprint density at radius 3 is 2.58 bits per heavy atom. The molecule has 4 aliphatic rings. The van der Waals surface area contributed by atoms with E-state index in [1.807, 2.05) is 0 Å². The smallest absolute Gasteiger partial charge is 0.332 e. The molecule has 188 valence electrons. The number of hydrogen-bond donors (Lipinski definition) is 3. The Balaban J connectivity index is 1.84. The third-order valence-corrected chi connectivity index (χ3v) is 10.5. The summed E-state index contributed by atoms with van der Waals surface area (Å²) in [6.45, 7) is 12.6. The van der Waals surface area contributed by atoms with Crippen molar-refractivity contribution in [2.45, 2.75) is 78.4 Å². The van der Waals surface area contributed by atoms with Crippen molar-refractivity contribution in [3.8, 4) is 0 Å². The first kappa shape index (κ1) is 25.1. The fourth-order valence-electron chi connectivity index (χ4n) is 8.11. The van der Waals surface area contributed by atoms with E-state index in [0.717, 1.165) is 58.4 Å². The number of aliphatic hydroxyl groups excluding tert-OH is 2. The second kappa shape index (κ2) is 9.21. The van der Waals surface area contributed by atoms with Crippen LogP contribution in [0.3, 0.4) is 0 Å². The molecule has 7 nitrogen and oxygen atoms in total. The summed E-state index contributed by atoms with van der Waals surface area (Å²) in [7, 11) is 0. The zero-order valence-electron chi connectivity index (χ0n) is 20.9. The van der Waals surface area contributed by atoms with Crippen molar-refractivity contribution in [1.29, 1.82) is 0 Å². The van der Waals surface area contributed by atoms with Crippen molar-refractivity contribution in [3.63, 3.8) is 0 Å². The number of ether oxygens (including phenoxy) is 1. The Morgan fingerprint density at radius 1 is 1.24 bits per heavy atom. The number of ketones is 1. The maximum absolute atomic E-state index is 13.6. The van der Waals surface area contributed by atoms with Gasteiger partial charge in [-0.2, -0.15) is 0 Å². The van der Waals surface area contributed by atoms with E-state index in [0.29, 0.717) is 12.8 Å². The highest BCUT2D eigenvalue weighted by atomic mass is 16.6. The SMILES string of the molecule is CC[C@@]1(C)C[C@@H](OC(=O)CO)[C@@]2(C)C3C(=O)CC[C@@]3(CC[C@H]2C)[C@@H](CN2CCNCC2)[C@@H]1O. The number of piperazine rings is 1. The minimum atomic E-state index is -0.665. The van der Waals surface area contributed by atoms with Gasteiger partial charge >= 0.3 is 5.97 Å². The second-order valence-electron chi connectivity index (χ2n) is 11.9. The van der Waals surface area contributed by atoms with E-state index in [-0.39, 0.29) is 29.0 Å². The fraction of sp³-hybridized carbons (Fsp3) is 0.923. The third kappa shape index (κ3) is 3.97. The first-order valence-electron chi connectivity index (χ1n) is 13.1. The van der Waals surface area contributed by atoms with E-state index in [1.165, 1.54) is 0 Å². The fourth-order valence-corrected chi connectivity index (χ4v) is 8.11. The second-order valence-corrected chi connectivity index (χ2v) is 11.9. The molecule has 1 unspecified atom stereocenters. The van der Waals surface area contributed by atoms with Crippen LogP contribution in [-0.2, 0) is 14.3 Å². The van der Waals surface area contributed by atoms with Crippen LogP contribution in [0.4, 0.5) is 0 Å². The summed E-state index contributed by atoms with van der Waals surface area (Å²) in [6, 6.07) is 0. The van der Waals surface area contributed by atoms with Crippen LogP contribution in [0.2, 0.25) is 0 Å². The molecule has 3 N–H and O–H groups in total. The van der Waals surface area contributed by atoms with Crippen LogP contribution in [-0.4, -0.2) is 78.4 Å². The minimum absolute atomic E-state index is 0.0123. The lowest BCUT2D eigenvalue weighted by Crippen LogP contribution is -2.65. The van der Waals surface area contributed by atoms with E-state index in [2.05, 4.69) is 37.9 Å². The number of Topliss-reactive ketones (excluding diaryl/α,β-unsaturated/α-hetero) is 1. The summed E-state index contributed by atoms with van der Waals surface area (Å²) in [5, 5.41) is 25.0. The summed E-state index contributed by atoms with van der Waals surface area (Å²) in [5.41, 5.74) is -1.22. The average molecular weight is 465 g/mol. The molecule has 8 atom stereocenters. The Morgan fingerprint density at radius 2 is 1.94 bits per heavy atom. The molecule has 2 bridgehead atoms. The molecule has 4 rings (SSSR count). The lowest BCUT2D eigenvalue weighted by Gasteiger charge is -2.63. The van der Waals surface area contributed by atoms with Gasteiger partial charge < -0.3 is 25.2 Å². The molecule has 1 heterocycles. The largest absolute Gasteiger partial charge is 0.460 e. The van der Waals surface area contributed by atoms with Gasteiger partial charge in [0.1, 0.15) is 18.5 Å². The number of nitrogens with zero attached hydrogens (tertiary/aromatic N) is 1. The Labute approximate surface area is 198 Å². The van der Waals surface area contributed by atoms with Crippen LogP contribution >= 0.6 is 0 Å². The van der Waals surface area contributed by atoms with Gasteiger partial charge in [0.2, 0.25) is 0 Å². The van der Waals surface area contributed by atoms with Gasteiger partial charge in [-0.3, -0.25) is 4.79 Å². The van der Waals surface area contributed by atoms with E-state index >= 15 is 0 Å². The summed E-state index contributed by atoms with van der Waals surface area (Å²) in [4.78, 5) is 28.4. The van der Waals surface area contributed by atoms with Gasteiger partial charge in [-0.1, -0.05) is 27.7 Å². The van der Waals surface area contributed by atoms with Gasteiger partial charge in [-0.15, -0.1) is 0 Å². The molecule has 0 aromatic rings. The summed E-state index contributed by atoms with van der Waals surface area (Å²) >= 11 is 0. The van der Waals surface area contributed by atoms with Crippen LogP contribution in [0.1, 0.15) is 66.2 Å². The molecular formula is C26H44N2O5. The molecule has 3 saturated carbocycles. The highest BCUT2D eigenvalue weighted by molar-refractivity contribution is 5.85. The maximum Gasteiger partial charge on any atom is 0.332 e. The zero-order chi connectivity index (χ0) is 24.0. The van der Waals surface area contributed by atoms with Crippen LogP contribution in [0, 0.1) is 34.0 Å². The topological polar surface area (TPSA) is 99.1 Å². The number of carbonyl (C=O) groups excluding carboxylic acids is 2.